The van der Waals surface area contributed by atoms with Crippen LogP contribution in [0.25, 0.3) is 22.1 Å². The molecule has 0 bridgehead atoms. The van der Waals surface area contributed by atoms with Gasteiger partial charge in [-0.1, -0.05) is 11.8 Å². The van der Waals surface area contributed by atoms with Gasteiger partial charge in [0.05, 0.1) is 35.8 Å². The minimum Gasteiger partial charge on any atom is -0.497 e. The minimum absolute atomic E-state index is 0.607. The number of aryl methyl sites for hydroxylation is 1. The van der Waals surface area contributed by atoms with Crippen molar-refractivity contribution in [3.8, 4) is 11.5 Å². The molecule has 0 aliphatic carbocycles. The van der Waals surface area contributed by atoms with E-state index in [-0.39, 0.29) is 0 Å². The summed E-state index contributed by atoms with van der Waals surface area (Å²) in [7, 11) is 1.65. The van der Waals surface area contributed by atoms with Crippen molar-refractivity contribution in [3.63, 3.8) is 0 Å². The number of aromatic amines is 2. The molecule has 4 rings (SSSR count). The molecule has 6 nitrogen and oxygen atoms in total. The van der Waals surface area contributed by atoms with Gasteiger partial charge >= 0.3 is 0 Å². The minimum atomic E-state index is 0.607. The number of fused-ring (bicyclic) bond motifs is 2. The average Bonchev–Trinajstić information content (AvgIpc) is 3.17. The van der Waals surface area contributed by atoms with E-state index < -0.39 is 0 Å². The molecule has 0 aliphatic rings. The van der Waals surface area contributed by atoms with Crippen LogP contribution in [0.5, 0.6) is 11.5 Å². The Bertz CT molecular complexity index is 956. The number of nitrogens with zero attached hydrogens (tertiary/aromatic N) is 2. The molecule has 0 spiro atoms. The largest absolute Gasteiger partial charge is 0.497 e. The van der Waals surface area contributed by atoms with Crippen molar-refractivity contribution in [2.45, 2.75) is 12.1 Å². The Morgan fingerprint density at radius 3 is 2.48 bits per heavy atom. The van der Waals surface area contributed by atoms with E-state index in [0.717, 1.165) is 50.3 Å². The van der Waals surface area contributed by atoms with Gasteiger partial charge in [0.15, 0.2) is 5.16 Å². The van der Waals surface area contributed by atoms with Gasteiger partial charge in [-0.3, -0.25) is 0 Å². The van der Waals surface area contributed by atoms with E-state index in [1.54, 1.807) is 18.9 Å². The molecule has 0 amide bonds. The van der Waals surface area contributed by atoms with Gasteiger partial charge < -0.3 is 19.4 Å². The summed E-state index contributed by atoms with van der Waals surface area (Å²) in [5.74, 6) is 3.38. The highest BCUT2D eigenvalue weighted by Crippen LogP contribution is 2.24. The van der Waals surface area contributed by atoms with Gasteiger partial charge in [0, 0.05) is 5.75 Å². The lowest BCUT2D eigenvalue weighted by Crippen LogP contribution is -2.00. The highest BCUT2D eigenvalue weighted by Gasteiger charge is 2.07. The topological polar surface area (TPSA) is 75.8 Å². The van der Waals surface area contributed by atoms with E-state index in [1.807, 2.05) is 37.3 Å². The zero-order chi connectivity index (χ0) is 17.2. The number of benzene rings is 2. The smallest absolute Gasteiger partial charge is 0.166 e. The third-order valence-electron chi connectivity index (χ3n) is 3.83. The zero-order valence-electron chi connectivity index (χ0n) is 14.0. The number of aromatic nitrogens is 4. The SMILES string of the molecule is COc1ccc(OCCSc2nc3cc4nc(C)[nH]c4cc3[nH]2)cc1. The predicted molar refractivity (Wildman–Crippen MR) is 99.7 cm³/mol. The fourth-order valence-corrected chi connectivity index (χ4v) is 3.36. The average molecular weight is 354 g/mol. The van der Waals surface area contributed by atoms with Crippen LogP contribution in [0.3, 0.4) is 0 Å². The van der Waals surface area contributed by atoms with Crippen LogP contribution < -0.4 is 9.47 Å². The normalized spacial score (nSPS) is 11.3. The summed E-state index contributed by atoms with van der Waals surface area (Å²) in [5.41, 5.74) is 3.90. The number of hydrogen-bond acceptors (Lipinski definition) is 5. The summed E-state index contributed by atoms with van der Waals surface area (Å²) >= 11 is 1.64. The second kappa shape index (κ2) is 6.68. The number of hydrogen-bond donors (Lipinski definition) is 2. The summed E-state index contributed by atoms with van der Waals surface area (Å²) in [5, 5.41) is 0.887. The van der Waals surface area contributed by atoms with E-state index in [1.165, 1.54) is 0 Å². The second-order valence-electron chi connectivity index (χ2n) is 5.62. The zero-order valence-corrected chi connectivity index (χ0v) is 14.8. The van der Waals surface area contributed by atoms with Crippen molar-refractivity contribution in [2.24, 2.45) is 0 Å². The van der Waals surface area contributed by atoms with E-state index >= 15 is 0 Å². The van der Waals surface area contributed by atoms with E-state index in [2.05, 4.69) is 26.0 Å². The first kappa shape index (κ1) is 15.8. The molecule has 0 aliphatic heterocycles. The first-order chi connectivity index (χ1) is 12.2. The number of H-pyrrole nitrogens is 2. The van der Waals surface area contributed by atoms with Crippen LogP contribution >= 0.6 is 11.8 Å². The van der Waals surface area contributed by atoms with Gasteiger partial charge in [-0.15, -0.1) is 0 Å². The molecule has 128 valence electrons. The van der Waals surface area contributed by atoms with Crippen LogP contribution in [0, 0.1) is 6.92 Å². The molecule has 0 radical (unpaired) electrons. The standard InChI is InChI=1S/C18H18N4O2S/c1-11-19-14-9-16-17(10-15(14)20-11)22-18(21-16)25-8-7-24-13-5-3-12(23-2)4-6-13/h3-6,9-10H,7-8H2,1-2H3,(H,19,20)(H,21,22). The quantitative estimate of drug-likeness (QED) is 0.405. The van der Waals surface area contributed by atoms with Crippen LogP contribution in [0.2, 0.25) is 0 Å². The third kappa shape index (κ3) is 3.41. The molecule has 0 unspecified atom stereocenters. The summed E-state index contributed by atoms with van der Waals surface area (Å²) in [6.07, 6.45) is 0. The highest BCUT2D eigenvalue weighted by atomic mass is 32.2. The maximum absolute atomic E-state index is 5.73. The van der Waals surface area contributed by atoms with Crippen LogP contribution in [-0.4, -0.2) is 39.4 Å². The Morgan fingerprint density at radius 2 is 1.68 bits per heavy atom. The number of nitrogens with one attached hydrogen (secondary N) is 2. The number of thioether (sulfide) groups is 1. The Labute approximate surface area is 149 Å². The van der Waals surface area contributed by atoms with Gasteiger partial charge in [-0.2, -0.15) is 0 Å². The molecular formula is C18H18N4O2S. The maximum atomic E-state index is 5.73. The molecule has 4 aromatic rings. The van der Waals surface area contributed by atoms with Gasteiger partial charge in [0.1, 0.15) is 17.3 Å². The number of rotatable bonds is 6. The lowest BCUT2D eigenvalue weighted by atomic mass is 10.3. The van der Waals surface area contributed by atoms with Crippen molar-refractivity contribution >= 4 is 33.8 Å². The molecule has 0 saturated heterocycles. The summed E-state index contributed by atoms with van der Waals surface area (Å²) in [4.78, 5) is 15.7. The molecule has 0 atom stereocenters. The van der Waals surface area contributed by atoms with Crippen molar-refractivity contribution in [1.82, 2.24) is 19.9 Å². The Kier molecular flexibility index (Phi) is 4.23. The number of methoxy groups -OCH3 is 1. The van der Waals surface area contributed by atoms with Crippen LogP contribution in [-0.2, 0) is 0 Å². The van der Waals surface area contributed by atoms with Crippen LogP contribution in [0.4, 0.5) is 0 Å². The summed E-state index contributed by atoms with van der Waals surface area (Å²) < 4.78 is 10.9. The third-order valence-corrected chi connectivity index (χ3v) is 4.67. The molecule has 2 aromatic carbocycles. The summed E-state index contributed by atoms with van der Waals surface area (Å²) in [6.45, 7) is 2.56. The molecule has 25 heavy (non-hydrogen) atoms. The first-order valence-corrected chi connectivity index (χ1v) is 8.95. The van der Waals surface area contributed by atoms with Crippen LogP contribution in [0.15, 0.2) is 41.6 Å². The Balaban J connectivity index is 1.37. The fraction of sp³-hybridized carbons (Fsp3) is 0.222. The fourth-order valence-electron chi connectivity index (χ4n) is 2.66. The van der Waals surface area contributed by atoms with Crippen molar-refractivity contribution < 1.29 is 9.47 Å². The lowest BCUT2D eigenvalue weighted by molar-refractivity contribution is 0.342. The van der Waals surface area contributed by atoms with Gasteiger partial charge in [-0.25, -0.2) is 9.97 Å². The predicted octanol–water partition coefficient (Wildman–Crippen LogP) is 3.93. The van der Waals surface area contributed by atoms with E-state index in [0.29, 0.717) is 6.61 Å². The van der Waals surface area contributed by atoms with E-state index in [9.17, 15) is 0 Å². The monoisotopic (exact) mass is 354 g/mol. The molecule has 2 heterocycles. The first-order valence-electron chi connectivity index (χ1n) is 7.97. The number of imidazole rings is 2. The van der Waals surface area contributed by atoms with Gasteiger partial charge in [-0.05, 0) is 43.3 Å². The molecule has 2 aromatic heterocycles. The van der Waals surface area contributed by atoms with Gasteiger partial charge in [0.2, 0.25) is 0 Å². The maximum Gasteiger partial charge on any atom is 0.166 e. The molecule has 2 N–H and O–H groups in total. The van der Waals surface area contributed by atoms with Gasteiger partial charge in [0.25, 0.3) is 0 Å². The Morgan fingerprint density at radius 1 is 0.960 bits per heavy atom. The van der Waals surface area contributed by atoms with Crippen LogP contribution in [0.1, 0.15) is 5.82 Å². The summed E-state index contributed by atoms with van der Waals surface area (Å²) in [6, 6.07) is 11.6. The van der Waals surface area contributed by atoms with E-state index in [4.69, 9.17) is 9.47 Å². The van der Waals surface area contributed by atoms with Crippen molar-refractivity contribution in [3.05, 3.63) is 42.2 Å². The molecular weight excluding hydrogens is 336 g/mol. The molecule has 0 fully saturated rings. The Hall–Kier alpha value is -2.67. The molecule has 7 heteroatoms. The second-order valence-corrected chi connectivity index (χ2v) is 6.71. The lowest BCUT2D eigenvalue weighted by Gasteiger charge is -2.06. The number of ether oxygens (including phenoxy) is 2. The molecule has 0 saturated carbocycles. The van der Waals surface area contributed by atoms with Crippen molar-refractivity contribution in [2.75, 3.05) is 19.5 Å². The van der Waals surface area contributed by atoms with Crippen molar-refractivity contribution in [1.29, 1.82) is 0 Å². The highest BCUT2D eigenvalue weighted by molar-refractivity contribution is 7.99.